The quantitative estimate of drug-likeness (QED) is 0.369. The lowest BCUT2D eigenvalue weighted by Gasteiger charge is -2.32. The molecule has 1 unspecified atom stereocenters. The maximum Gasteiger partial charge on any atom is 0.248 e. The van der Waals surface area contributed by atoms with Crippen LogP contribution in [-0.4, -0.2) is 104 Å². The Morgan fingerprint density at radius 3 is 2.38 bits per heavy atom. The molecule has 2 fully saturated rings. The van der Waals surface area contributed by atoms with Crippen molar-refractivity contribution in [3.8, 4) is 5.75 Å². The largest absolute Gasteiger partial charge is 0.497 e. The van der Waals surface area contributed by atoms with Crippen molar-refractivity contribution >= 4 is 16.9 Å². The summed E-state index contributed by atoms with van der Waals surface area (Å²) in [7, 11) is 4.02. The van der Waals surface area contributed by atoms with Crippen molar-refractivity contribution < 1.29 is 18.5 Å². The summed E-state index contributed by atoms with van der Waals surface area (Å²) >= 11 is 0. The van der Waals surface area contributed by atoms with E-state index in [9.17, 15) is 9.00 Å². The maximum atomic E-state index is 13.0. The number of nitrogens with one attached hydrogen (secondary N) is 1. The minimum atomic E-state index is -1.30. The molecule has 9 heteroatoms. The fourth-order valence-electron chi connectivity index (χ4n) is 5.48. The van der Waals surface area contributed by atoms with Gasteiger partial charge in [0, 0.05) is 46.3 Å². The molecule has 1 aromatic carbocycles. The molecule has 3 rings (SSSR count). The molecule has 2 aliphatic rings. The molecule has 37 heavy (non-hydrogen) atoms. The van der Waals surface area contributed by atoms with Crippen molar-refractivity contribution in [1.82, 2.24) is 19.4 Å². The number of hydrogen-bond donors (Lipinski definition) is 1. The molecule has 1 saturated carbocycles. The number of methoxy groups -OCH3 is 1. The summed E-state index contributed by atoms with van der Waals surface area (Å²) in [5.41, 5.74) is 1.87. The lowest BCUT2D eigenvalue weighted by atomic mass is 9.85. The van der Waals surface area contributed by atoms with Crippen molar-refractivity contribution in [2.75, 3.05) is 73.7 Å². The van der Waals surface area contributed by atoms with E-state index in [0.717, 1.165) is 34.9 Å². The number of aryl methyl sites for hydroxylation is 2. The molecular weight excluding hydrogens is 488 g/mol. The first-order chi connectivity index (χ1) is 17.8. The lowest BCUT2D eigenvalue weighted by molar-refractivity contribution is -0.135. The molecule has 0 radical (unpaired) electrons. The van der Waals surface area contributed by atoms with E-state index in [1.165, 1.54) is 58.2 Å². The molecule has 1 heterocycles. The molecule has 1 amide bonds. The van der Waals surface area contributed by atoms with Gasteiger partial charge < -0.3 is 24.6 Å². The number of ether oxygens (including phenoxy) is 2. The van der Waals surface area contributed by atoms with Crippen LogP contribution in [0, 0.1) is 19.8 Å². The van der Waals surface area contributed by atoms with Crippen molar-refractivity contribution in [2.24, 2.45) is 5.92 Å². The summed E-state index contributed by atoms with van der Waals surface area (Å²) in [4.78, 5) is 17.8. The van der Waals surface area contributed by atoms with Gasteiger partial charge in [-0.15, -0.1) is 0 Å². The van der Waals surface area contributed by atoms with Crippen LogP contribution < -0.4 is 10.1 Å². The molecule has 1 aliphatic heterocycles. The van der Waals surface area contributed by atoms with Crippen LogP contribution in [0.4, 0.5) is 0 Å². The number of likely N-dealkylation sites (N-methyl/N-ethyl adjacent to an activating group) is 2. The zero-order chi connectivity index (χ0) is 26.8. The van der Waals surface area contributed by atoms with Crippen molar-refractivity contribution in [1.29, 1.82) is 0 Å². The molecule has 0 aromatic heterocycles. The highest BCUT2D eigenvalue weighted by Crippen LogP contribution is 2.26. The summed E-state index contributed by atoms with van der Waals surface area (Å²) in [6, 6.07) is 4.42. The van der Waals surface area contributed by atoms with E-state index in [1.807, 2.05) is 45.0 Å². The Bertz CT molecular complexity index is 862. The van der Waals surface area contributed by atoms with Gasteiger partial charge in [0.05, 0.1) is 18.6 Å². The Labute approximate surface area is 226 Å². The van der Waals surface area contributed by atoms with Crippen molar-refractivity contribution in [3.63, 3.8) is 0 Å². The van der Waals surface area contributed by atoms with Gasteiger partial charge in [0.15, 0.2) is 0 Å². The number of benzene rings is 1. The first kappa shape index (κ1) is 30.0. The van der Waals surface area contributed by atoms with E-state index >= 15 is 0 Å². The molecule has 1 aliphatic carbocycles. The summed E-state index contributed by atoms with van der Waals surface area (Å²) in [6.07, 6.45) is 7.43. The number of amides is 1. The van der Waals surface area contributed by atoms with Gasteiger partial charge >= 0.3 is 0 Å². The first-order valence-corrected chi connectivity index (χ1v) is 14.9. The molecule has 0 bridgehead atoms. The van der Waals surface area contributed by atoms with Crippen LogP contribution in [0.3, 0.4) is 0 Å². The molecule has 1 aromatic rings. The Morgan fingerprint density at radius 2 is 1.76 bits per heavy atom. The predicted octanol–water partition coefficient (Wildman–Crippen LogP) is 2.99. The van der Waals surface area contributed by atoms with Crippen LogP contribution in [0.5, 0.6) is 5.75 Å². The van der Waals surface area contributed by atoms with E-state index in [0.29, 0.717) is 25.1 Å². The Kier molecular flexibility index (Phi) is 12.3. The van der Waals surface area contributed by atoms with Crippen LogP contribution in [0.2, 0.25) is 0 Å². The monoisotopic (exact) mass is 536 g/mol. The number of hydrogen-bond acceptors (Lipinski definition) is 6. The van der Waals surface area contributed by atoms with Crippen LogP contribution in [0.15, 0.2) is 17.0 Å². The molecule has 0 spiro atoms. The summed E-state index contributed by atoms with van der Waals surface area (Å²) in [5.74, 6) is 1.34. The van der Waals surface area contributed by atoms with Crippen LogP contribution in [-0.2, 0) is 20.5 Å². The smallest absolute Gasteiger partial charge is 0.248 e. The average Bonchev–Trinajstić information content (AvgIpc) is 3.40. The third-order valence-electron chi connectivity index (χ3n) is 7.77. The molecule has 1 N–H and O–H groups in total. The summed E-state index contributed by atoms with van der Waals surface area (Å²) in [5, 5.41) is 3.74. The second kappa shape index (κ2) is 15.2. The van der Waals surface area contributed by atoms with E-state index in [2.05, 4.69) is 10.2 Å². The number of likely N-dealkylation sites (tertiary alicyclic amines) is 1. The predicted molar refractivity (Wildman–Crippen MR) is 149 cm³/mol. The second-order valence-corrected chi connectivity index (χ2v) is 12.3. The summed E-state index contributed by atoms with van der Waals surface area (Å²) < 4.78 is 25.8. The van der Waals surface area contributed by atoms with Gasteiger partial charge in [-0.1, -0.05) is 0 Å². The van der Waals surface area contributed by atoms with Gasteiger partial charge in [-0.2, -0.15) is 0 Å². The second-order valence-electron chi connectivity index (χ2n) is 10.7. The van der Waals surface area contributed by atoms with E-state index in [-0.39, 0.29) is 12.5 Å². The molecule has 1 saturated heterocycles. The zero-order valence-corrected chi connectivity index (χ0v) is 24.4. The first-order valence-electron chi connectivity index (χ1n) is 13.8. The number of rotatable bonds is 14. The Balaban J connectivity index is 1.29. The lowest BCUT2D eigenvalue weighted by Crippen LogP contribution is -2.41. The van der Waals surface area contributed by atoms with Gasteiger partial charge in [-0.05, 0) is 94.6 Å². The third-order valence-corrected chi connectivity index (χ3v) is 9.51. The molecule has 1 atom stereocenters. The van der Waals surface area contributed by atoms with Gasteiger partial charge in [-0.3, -0.25) is 4.79 Å². The van der Waals surface area contributed by atoms with Crippen molar-refractivity contribution in [3.05, 3.63) is 23.3 Å². The van der Waals surface area contributed by atoms with Gasteiger partial charge in [0.2, 0.25) is 5.91 Å². The highest BCUT2D eigenvalue weighted by molar-refractivity contribution is 7.82. The van der Waals surface area contributed by atoms with Gasteiger partial charge in [0.1, 0.15) is 23.3 Å². The van der Waals surface area contributed by atoms with E-state index in [4.69, 9.17) is 9.47 Å². The minimum Gasteiger partial charge on any atom is -0.497 e. The maximum absolute atomic E-state index is 13.0. The van der Waals surface area contributed by atoms with E-state index < -0.39 is 11.0 Å². The fraction of sp³-hybridized carbons (Fsp3) is 0.750. The summed E-state index contributed by atoms with van der Waals surface area (Å²) in [6.45, 7) is 10.4. The van der Waals surface area contributed by atoms with Gasteiger partial charge in [-0.25, -0.2) is 8.51 Å². The Hall–Kier alpha value is -1.52. The highest BCUT2D eigenvalue weighted by atomic mass is 32.2. The minimum absolute atomic E-state index is 0.0106. The standard InChI is InChI=1S/C28H48N4O4S/c1-22-18-26(35-5)19-23(2)28(22)37(34)31(4)16-17-36-21-27(33)30(3)20-24-8-10-25(11-9-24)29-12-15-32-13-6-7-14-32/h18-19,24-25,29H,6-17,20-21H2,1-5H3. The van der Waals surface area contributed by atoms with Gasteiger partial charge in [0.25, 0.3) is 0 Å². The SMILES string of the molecule is COc1cc(C)c(S(=O)N(C)CCOCC(=O)N(C)CC2CCC(NCCN3CCCC3)CC2)c(C)c1. The molecular formula is C28H48N4O4S. The zero-order valence-electron chi connectivity index (χ0n) is 23.6. The topological polar surface area (TPSA) is 74.3 Å². The molecule has 8 nitrogen and oxygen atoms in total. The fourth-order valence-corrected chi connectivity index (χ4v) is 6.70. The third kappa shape index (κ3) is 9.32. The number of carbonyl (C=O) groups is 1. The normalized spacial score (nSPS) is 21.4. The highest BCUT2D eigenvalue weighted by Gasteiger charge is 2.24. The van der Waals surface area contributed by atoms with Crippen molar-refractivity contribution in [2.45, 2.75) is 63.3 Å². The number of nitrogens with zero attached hydrogens (tertiary/aromatic N) is 3. The molecule has 210 valence electrons. The average molecular weight is 537 g/mol. The number of carbonyl (C=O) groups excluding carboxylic acids is 1. The van der Waals surface area contributed by atoms with Crippen LogP contribution in [0.1, 0.15) is 49.7 Å². The van der Waals surface area contributed by atoms with Crippen LogP contribution in [0.25, 0.3) is 0 Å². The van der Waals surface area contributed by atoms with Crippen LogP contribution >= 0.6 is 0 Å². The Morgan fingerprint density at radius 1 is 1.11 bits per heavy atom. The van der Waals surface area contributed by atoms with E-state index in [1.54, 1.807) is 11.4 Å².